The molecule has 0 saturated heterocycles. The highest BCUT2D eigenvalue weighted by Gasteiger charge is 2.25. The van der Waals surface area contributed by atoms with Crippen molar-refractivity contribution in [1.29, 1.82) is 0 Å². The molecule has 0 radical (unpaired) electrons. The minimum absolute atomic E-state index is 0.558. The molecular weight excluding hydrogens is 452 g/mol. The third kappa shape index (κ3) is 6.05. The van der Waals surface area contributed by atoms with Crippen LogP contribution in [-0.2, 0) is 29.0 Å². The van der Waals surface area contributed by atoms with E-state index in [9.17, 15) is 9.59 Å². The van der Waals surface area contributed by atoms with Gasteiger partial charge >= 0.3 is 11.9 Å². The summed E-state index contributed by atoms with van der Waals surface area (Å²) in [6.07, 6.45) is 3.28. The van der Waals surface area contributed by atoms with E-state index in [1.165, 1.54) is 27.9 Å². The molecular formula is C26H30N2O7. The van der Waals surface area contributed by atoms with Crippen molar-refractivity contribution in [3.63, 3.8) is 0 Å². The number of anilines is 1. The summed E-state index contributed by atoms with van der Waals surface area (Å²) in [7, 11) is 0. The first-order valence-corrected chi connectivity index (χ1v) is 11.7. The van der Waals surface area contributed by atoms with E-state index >= 15 is 0 Å². The van der Waals surface area contributed by atoms with Crippen LogP contribution in [0.4, 0.5) is 5.69 Å². The zero-order chi connectivity index (χ0) is 24.8. The molecule has 2 aromatic carbocycles. The molecule has 0 atom stereocenters. The monoisotopic (exact) mass is 482 g/mol. The van der Waals surface area contributed by atoms with Gasteiger partial charge in [0.25, 0.3) is 0 Å². The predicted molar refractivity (Wildman–Crippen MR) is 130 cm³/mol. The highest BCUT2D eigenvalue weighted by atomic mass is 16.6. The maximum Gasteiger partial charge on any atom is 0.328 e. The van der Waals surface area contributed by atoms with Crippen molar-refractivity contribution >= 4 is 17.6 Å². The van der Waals surface area contributed by atoms with Gasteiger partial charge in [-0.3, -0.25) is 0 Å². The third-order valence-corrected chi connectivity index (χ3v) is 6.14. The number of aliphatic carboxylic acids is 2. The van der Waals surface area contributed by atoms with Crippen molar-refractivity contribution in [3.8, 4) is 17.2 Å². The fourth-order valence-electron chi connectivity index (χ4n) is 4.60. The van der Waals surface area contributed by atoms with Crippen molar-refractivity contribution in [2.75, 3.05) is 44.4 Å². The van der Waals surface area contributed by atoms with Crippen molar-refractivity contribution < 1.29 is 34.0 Å². The molecule has 3 N–H and O–H groups in total. The quantitative estimate of drug-likeness (QED) is 0.565. The average molecular weight is 483 g/mol. The minimum atomic E-state index is -1.26. The molecule has 0 spiro atoms. The second kappa shape index (κ2) is 11.1. The molecule has 0 bridgehead atoms. The van der Waals surface area contributed by atoms with Gasteiger partial charge in [-0.2, -0.15) is 0 Å². The Hall–Kier alpha value is -3.72. The van der Waals surface area contributed by atoms with Gasteiger partial charge in [0.15, 0.2) is 11.5 Å². The maximum atomic E-state index is 9.55. The first kappa shape index (κ1) is 24.4. The number of rotatable bonds is 4. The number of hydrogen-bond acceptors (Lipinski definition) is 7. The van der Waals surface area contributed by atoms with E-state index in [0.29, 0.717) is 25.4 Å². The summed E-state index contributed by atoms with van der Waals surface area (Å²) < 4.78 is 17.5. The van der Waals surface area contributed by atoms with Gasteiger partial charge in [0, 0.05) is 18.7 Å². The Kier molecular flexibility index (Phi) is 7.77. The normalized spacial score (nSPS) is 16.2. The first-order valence-electron chi connectivity index (χ1n) is 11.7. The first-order chi connectivity index (χ1) is 16.9. The van der Waals surface area contributed by atoms with Crippen molar-refractivity contribution in [3.05, 3.63) is 58.7 Å². The molecule has 0 aromatic heterocycles. The fraction of sp³-hybridized carbons (Fsp3) is 0.385. The Labute approximate surface area is 203 Å². The summed E-state index contributed by atoms with van der Waals surface area (Å²) in [5.41, 5.74) is 6.82. The van der Waals surface area contributed by atoms with E-state index in [1.54, 1.807) is 0 Å². The van der Waals surface area contributed by atoms with Gasteiger partial charge in [0.1, 0.15) is 25.6 Å². The number of benzene rings is 2. The Bertz CT molecular complexity index is 1110. The molecule has 35 heavy (non-hydrogen) atoms. The van der Waals surface area contributed by atoms with Gasteiger partial charge in [-0.25, -0.2) is 9.59 Å². The molecule has 3 aliphatic rings. The number of fused-ring (bicyclic) bond motifs is 3. The number of nitrogens with zero attached hydrogens (tertiary/aromatic N) is 1. The maximum absolute atomic E-state index is 9.55. The second-order valence-corrected chi connectivity index (χ2v) is 8.49. The summed E-state index contributed by atoms with van der Waals surface area (Å²) in [6, 6.07) is 8.57. The van der Waals surface area contributed by atoms with Crippen molar-refractivity contribution in [2.24, 2.45) is 0 Å². The molecule has 9 heteroatoms. The lowest BCUT2D eigenvalue weighted by molar-refractivity contribution is -0.134. The zero-order valence-electron chi connectivity index (χ0n) is 19.7. The number of carboxylic acid groups (broad SMARTS) is 2. The zero-order valence-corrected chi connectivity index (χ0v) is 19.7. The molecule has 0 amide bonds. The lowest BCUT2D eigenvalue weighted by atomic mass is 9.94. The highest BCUT2D eigenvalue weighted by molar-refractivity contribution is 5.89. The van der Waals surface area contributed by atoms with Crippen LogP contribution in [0.3, 0.4) is 0 Å². The van der Waals surface area contributed by atoms with Crippen LogP contribution in [0.2, 0.25) is 0 Å². The van der Waals surface area contributed by atoms with Crippen LogP contribution in [0, 0.1) is 6.92 Å². The van der Waals surface area contributed by atoms with Crippen LogP contribution in [0.1, 0.15) is 22.3 Å². The molecule has 3 heterocycles. The molecule has 2 aromatic rings. The van der Waals surface area contributed by atoms with Crippen molar-refractivity contribution in [1.82, 2.24) is 5.32 Å². The SMILES string of the molecule is Cc1c2c(cc3c1N(Cc1ccc4c(c1)OCCO4)CCO3)CCNCC2.O=C(O)/C=C/C(=O)O. The Morgan fingerprint density at radius 2 is 1.63 bits per heavy atom. The lowest BCUT2D eigenvalue weighted by Crippen LogP contribution is -2.33. The van der Waals surface area contributed by atoms with E-state index in [0.717, 1.165) is 62.9 Å². The number of ether oxygens (including phenoxy) is 3. The van der Waals surface area contributed by atoms with Crippen LogP contribution in [-0.4, -0.2) is 61.6 Å². The predicted octanol–water partition coefficient (Wildman–Crippen LogP) is 2.57. The Morgan fingerprint density at radius 3 is 2.37 bits per heavy atom. The summed E-state index contributed by atoms with van der Waals surface area (Å²) in [6.45, 7) is 8.09. The number of nitrogens with one attached hydrogen (secondary N) is 1. The summed E-state index contributed by atoms with van der Waals surface area (Å²) >= 11 is 0. The average Bonchev–Trinajstić information content (AvgIpc) is 3.09. The molecule has 9 nitrogen and oxygen atoms in total. The summed E-state index contributed by atoms with van der Waals surface area (Å²) in [5.74, 6) is 0.232. The molecule has 0 fully saturated rings. The van der Waals surface area contributed by atoms with Gasteiger partial charge in [-0.15, -0.1) is 0 Å². The van der Waals surface area contributed by atoms with E-state index < -0.39 is 11.9 Å². The molecule has 5 rings (SSSR count). The fourth-order valence-corrected chi connectivity index (χ4v) is 4.60. The second-order valence-electron chi connectivity index (χ2n) is 8.49. The van der Waals surface area contributed by atoms with Crippen LogP contribution in [0.25, 0.3) is 0 Å². The number of carbonyl (C=O) groups is 2. The van der Waals surface area contributed by atoms with Crippen molar-refractivity contribution in [2.45, 2.75) is 26.3 Å². The summed E-state index contributed by atoms with van der Waals surface area (Å²) in [5, 5.41) is 19.1. The number of hydrogen-bond donors (Lipinski definition) is 3. The topological polar surface area (TPSA) is 118 Å². The van der Waals surface area contributed by atoms with Gasteiger partial charge in [-0.05, 0) is 73.3 Å². The Balaban J connectivity index is 0.000000314. The van der Waals surface area contributed by atoms with E-state index in [4.69, 9.17) is 24.4 Å². The van der Waals surface area contributed by atoms with Gasteiger partial charge in [0.05, 0.1) is 12.2 Å². The largest absolute Gasteiger partial charge is 0.490 e. The molecule has 0 saturated carbocycles. The van der Waals surface area contributed by atoms with Crippen LogP contribution < -0.4 is 24.4 Å². The number of carboxylic acids is 2. The molecule has 186 valence electrons. The highest BCUT2D eigenvalue weighted by Crippen LogP contribution is 2.40. The molecule has 0 aliphatic carbocycles. The third-order valence-electron chi connectivity index (χ3n) is 6.14. The van der Waals surface area contributed by atoms with E-state index in [-0.39, 0.29) is 0 Å². The molecule has 0 unspecified atom stereocenters. The smallest absolute Gasteiger partial charge is 0.328 e. The standard InChI is InChI=1S/C22H26N2O3.C4H4O4/c1-15-18-5-7-23-6-4-17(18)13-21-22(15)24(8-9-25-21)14-16-2-3-19-20(12-16)27-11-10-26-19;5-3(6)1-2-4(7)8/h2-3,12-13,23H,4-11,14H2,1H3;1-2H,(H,5,6)(H,7,8)/b;2-1+. The van der Waals surface area contributed by atoms with E-state index in [1.807, 2.05) is 6.07 Å². The Morgan fingerprint density at radius 1 is 0.943 bits per heavy atom. The van der Waals surface area contributed by atoms with Gasteiger partial charge < -0.3 is 34.6 Å². The van der Waals surface area contributed by atoms with Gasteiger partial charge in [0.2, 0.25) is 0 Å². The van der Waals surface area contributed by atoms with Crippen LogP contribution >= 0.6 is 0 Å². The summed E-state index contributed by atoms with van der Waals surface area (Å²) in [4.78, 5) is 21.6. The minimum Gasteiger partial charge on any atom is -0.490 e. The van der Waals surface area contributed by atoms with Crippen LogP contribution in [0.15, 0.2) is 36.4 Å². The van der Waals surface area contributed by atoms with E-state index in [2.05, 4.69) is 35.3 Å². The lowest BCUT2D eigenvalue weighted by Gasteiger charge is -2.34. The van der Waals surface area contributed by atoms with Gasteiger partial charge in [-0.1, -0.05) is 6.07 Å². The molecule has 3 aliphatic heterocycles. The van der Waals surface area contributed by atoms with Crippen LogP contribution in [0.5, 0.6) is 17.2 Å².